The third-order valence-electron chi connectivity index (χ3n) is 5.57. The number of anilines is 1. The van der Waals surface area contributed by atoms with Crippen LogP contribution in [0.15, 0.2) is 12.1 Å². The van der Waals surface area contributed by atoms with E-state index in [1.54, 1.807) is 16.2 Å². The molecule has 3 heterocycles. The lowest BCUT2D eigenvalue weighted by Gasteiger charge is -2.36. The third-order valence-corrected chi connectivity index (χ3v) is 6.59. The zero-order valence-corrected chi connectivity index (χ0v) is 14.1. The van der Waals surface area contributed by atoms with Crippen molar-refractivity contribution >= 4 is 28.2 Å². The molecule has 1 unspecified atom stereocenters. The van der Waals surface area contributed by atoms with Crippen LogP contribution in [0.1, 0.15) is 37.0 Å². The van der Waals surface area contributed by atoms with Gasteiger partial charge in [0.2, 0.25) is 5.91 Å². The first-order valence-electron chi connectivity index (χ1n) is 8.26. The zero-order chi connectivity index (χ0) is 16.2. The monoisotopic (exact) mass is 336 g/mol. The van der Waals surface area contributed by atoms with Gasteiger partial charge in [-0.25, -0.2) is 4.39 Å². The van der Waals surface area contributed by atoms with Gasteiger partial charge in [-0.05, 0) is 44.7 Å². The maximum Gasteiger partial charge on any atom is 0.260 e. The molecule has 1 aliphatic carbocycles. The van der Waals surface area contributed by atoms with Gasteiger partial charge in [0.05, 0.1) is 5.00 Å². The molecule has 2 saturated heterocycles. The first kappa shape index (κ1) is 15.1. The van der Waals surface area contributed by atoms with Gasteiger partial charge in [0.25, 0.3) is 5.91 Å². The highest BCUT2D eigenvalue weighted by molar-refractivity contribution is 7.16. The number of amides is 2. The van der Waals surface area contributed by atoms with Crippen molar-refractivity contribution in [2.24, 2.45) is 5.41 Å². The lowest BCUT2D eigenvalue weighted by atomic mass is 9.81. The summed E-state index contributed by atoms with van der Waals surface area (Å²) in [6.45, 7) is 3.77. The van der Waals surface area contributed by atoms with Gasteiger partial charge in [-0.2, -0.15) is 0 Å². The van der Waals surface area contributed by atoms with Crippen LogP contribution < -0.4 is 4.90 Å². The number of thiophene rings is 1. The van der Waals surface area contributed by atoms with Crippen molar-refractivity contribution in [3.63, 3.8) is 0 Å². The third kappa shape index (κ3) is 2.38. The van der Waals surface area contributed by atoms with Gasteiger partial charge in [0.15, 0.2) is 5.67 Å². The average Bonchev–Trinajstić information content (AvgIpc) is 3.16. The van der Waals surface area contributed by atoms with Crippen LogP contribution >= 0.6 is 11.3 Å². The van der Waals surface area contributed by atoms with Crippen molar-refractivity contribution in [2.45, 2.75) is 44.7 Å². The summed E-state index contributed by atoms with van der Waals surface area (Å²) in [5.74, 6) is -0.224. The first-order chi connectivity index (χ1) is 10.9. The molecule has 1 spiro atoms. The fourth-order valence-corrected chi connectivity index (χ4v) is 4.91. The number of carbonyl (C=O) groups is 2. The summed E-state index contributed by atoms with van der Waals surface area (Å²) in [5, 5.41) is 0.982. The Morgan fingerprint density at radius 2 is 2.04 bits per heavy atom. The first-order valence-corrected chi connectivity index (χ1v) is 9.08. The van der Waals surface area contributed by atoms with E-state index in [1.165, 1.54) is 4.88 Å². The number of rotatable bonds is 2. The molecular weight excluding hydrogens is 315 g/mol. The van der Waals surface area contributed by atoms with Crippen LogP contribution in [0.3, 0.4) is 0 Å². The molecule has 3 fully saturated rings. The maximum atomic E-state index is 14.4. The van der Waals surface area contributed by atoms with Crippen molar-refractivity contribution in [1.82, 2.24) is 4.90 Å². The lowest BCUT2D eigenvalue weighted by molar-refractivity contribution is -0.149. The highest BCUT2D eigenvalue weighted by Gasteiger charge is 2.53. The molecule has 6 heteroatoms. The predicted molar refractivity (Wildman–Crippen MR) is 87.3 cm³/mol. The van der Waals surface area contributed by atoms with Gasteiger partial charge < -0.3 is 9.80 Å². The van der Waals surface area contributed by atoms with Crippen LogP contribution in [0, 0.1) is 12.3 Å². The highest BCUT2D eigenvalue weighted by atomic mass is 32.1. The molecule has 0 N–H and O–H groups in total. The standard InChI is InChI=1S/C17H21FN2O2S/c1-12-3-4-14(23-12)20-11-16(9-13(20)21)7-8-19(10-16)15(22)17(18)5-2-6-17/h3-4H,2,5-11H2,1H3. The second-order valence-corrected chi connectivity index (χ2v) is 8.60. The van der Waals surface area contributed by atoms with Crippen LogP contribution in [0.25, 0.3) is 0 Å². The number of halogens is 1. The molecule has 2 aliphatic heterocycles. The van der Waals surface area contributed by atoms with Crippen molar-refractivity contribution in [2.75, 3.05) is 24.5 Å². The molecule has 1 aromatic heterocycles. The molecule has 23 heavy (non-hydrogen) atoms. The van der Waals surface area contributed by atoms with Crippen molar-refractivity contribution < 1.29 is 14.0 Å². The van der Waals surface area contributed by atoms with Gasteiger partial charge in [-0.3, -0.25) is 9.59 Å². The second-order valence-electron chi connectivity index (χ2n) is 7.34. The summed E-state index contributed by atoms with van der Waals surface area (Å²) in [5.41, 5.74) is -1.82. The molecular formula is C17H21FN2O2S. The summed E-state index contributed by atoms with van der Waals surface area (Å²) < 4.78 is 14.4. The number of nitrogens with zero attached hydrogens (tertiary/aromatic N) is 2. The summed E-state index contributed by atoms with van der Waals surface area (Å²) in [4.78, 5) is 29.5. The second kappa shape index (κ2) is 5.03. The summed E-state index contributed by atoms with van der Waals surface area (Å²) >= 11 is 1.62. The minimum atomic E-state index is -1.63. The van der Waals surface area contributed by atoms with E-state index in [4.69, 9.17) is 0 Å². The Bertz CT molecular complexity index is 669. The van der Waals surface area contributed by atoms with E-state index in [1.807, 2.05) is 24.0 Å². The van der Waals surface area contributed by atoms with Crippen LogP contribution in [-0.4, -0.2) is 42.0 Å². The number of carbonyl (C=O) groups excluding carboxylic acids is 2. The van der Waals surface area contributed by atoms with Crippen LogP contribution in [0.5, 0.6) is 0 Å². The van der Waals surface area contributed by atoms with Crippen LogP contribution in [-0.2, 0) is 9.59 Å². The molecule has 1 aromatic rings. The average molecular weight is 336 g/mol. The number of alkyl halides is 1. The smallest absolute Gasteiger partial charge is 0.260 e. The SMILES string of the molecule is Cc1ccc(N2CC3(CCN(C(=O)C4(F)CCC4)C3)CC2=O)s1. The van der Waals surface area contributed by atoms with E-state index in [9.17, 15) is 14.0 Å². The molecule has 3 aliphatic rings. The molecule has 4 rings (SSSR count). The Hall–Kier alpha value is -1.43. The van der Waals surface area contributed by atoms with Crippen LogP contribution in [0.4, 0.5) is 9.39 Å². The summed E-state index contributed by atoms with van der Waals surface area (Å²) in [7, 11) is 0. The Labute approximate surface area is 139 Å². The minimum Gasteiger partial charge on any atom is -0.339 e. The zero-order valence-electron chi connectivity index (χ0n) is 13.3. The summed E-state index contributed by atoms with van der Waals surface area (Å²) in [6, 6.07) is 4.01. The van der Waals surface area contributed by atoms with Crippen molar-refractivity contribution in [1.29, 1.82) is 0 Å². The van der Waals surface area contributed by atoms with Crippen molar-refractivity contribution in [3.8, 4) is 0 Å². The van der Waals surface area contributed by atoms with Gasteiger partial charge in [-0.15, -0.1) is 11.3 Å². The minimum absolute atomic E-state index is 0.125. The van der Waals surface area contributed by atoms with E-state index in [0.717, 1.165) is 17.8 Å². The number of likely N-dealkylation sites (tertiary alicyclic amines) is 1. The molecule has 124 valence electrons. The maximum absolute atomic E-state index is 14.4. The van der Waals surface area contributed by atoms with Crippen molar-refractivity contribution in [3.05, 3.63) is 17.0 Å². The fraction of sp³-hybridized carbons (Fsp3) is 0.647. The van der Waals surface area contributed by atoms with Gasteiger partial charge in [0, 0.05) is 36.3 Å². The number of hydrogen-bond donors (Lipinski definition) is 0. The Morgan fingerprint density at radius 3 is 2.65 bits per heavy atom. The van der Waals surface area contributed by atoms with E-state index in [-0.39, 0.29) is 17.2 Å². The molecule has 0 bridgehead atoms. The lowest BCUT2D eigenvalue weighted by Crippen LogP contribution is -2.50. The molecule has 1 saturated carbocycles. The number of hydrogen-bond acceptors (Lipinski definition) is 3. The largest absolute Gasteiger partial charge is 0.339 e. The van der Waals surface area contributed by atoms with Gasteiger partial charge in [0.1, 0.15) is 0 Å². The molecule has 1 atom stereocenters. The predicted octanol–water partition coefficient (Wildman–Crippen LogP) is 2.90. The normalized spacial score (nSPS) is 29.4. The Kier molecular flexibility index (Phi) is 3.31. The molecule has 0 radical (unpaired) electrons. The topological polar surface area (TPSA) is 40.6 Å². The fourth-order valence-electron chi connectivity index (χ4n) is 4.03. The number of aryl methyl sites for hydroxylation is 1. The van der Waals surface area contributed by atoms with E-state index >= 15 is 0 Å². The van der Waals surface area contributed by atoms with E-state index < -0.39 is 5.67 Å². The molecule has 0 aromatic carbocycles. The van der Waals surface area contributed by atoms with Crippen LogP contribution in [0.2, 0.25) is 0 Å². The Balaban J connectivity index is 1.48. The van der Waals surface area contributed by atoms with Gasteiger partial charge >= 0.3 is 0 Å². The Morgan fingerprint density at radius 1 is 1.26 bits per heavy atom. The summed E-state index contributed by atoms with van der Waals surface area (Å²) in [6.07, 6.45) is 2.77. The van der Waals surface area contributed by atoms with Gasteiger partial charge in [-0.1, -0.05) is 0 Å². The molecule has 4 nitrogen and oxygen atoms in total. The molecule has 2 amide bonds. The quantitative estimate of drug-likeness (QED) is 0.833. The van der Waals surface area contributed by atoms with E-state index in [0.29, 0.717) is 38.9 Å². The van der Waals surface area contributed by atoms with E-state index in [2.05, 4.69) is 0 Å². The highest BCUT2D eigenvalue weighted by Crippen LogP contribution is 2.45.